The largest absolute Gasteiger partial charge is 0.492 e. The molecule has 0 atom stereocenters. The van der Waals surface area contributed by atoms with E-state index < -0.39 is 0 Å². The Morgan fingerprint density at radius 3 is 2.43 bits per heavy atom. The quantitative estimate of drug-likeness (QED) is 0.366. The normalized spacial score (nSPS) is 12.1. The maximum Gasteiger partial charge on any atom is 0.189 e. The van der Waals surface area contributed by atoms with Crippen LogP contribution in [0.25, 0.3) is 0 Å². The Kier molecular flexibility index (Phi) is 6.28. The summed E-state index contributed by atoms with van der Waals surface area (Å²) in [6.45, 7) is 14.0. The number of nitrogens with one attached hydrogen (secondary N) is 1. The fourth-order valence-electron chi connectivity index (χ4n) is 1.68. The number of hydrogen-bond acceptors (Lipinski definition) is 2. The minimum absolute atomic E-state index is 0.161. The SMILES string of the molecule is C=C(C)CN=C(N)NCCOc1ccc(C(C)(C)C)cc1. The van der Waals surface area contributed by atoms with E-state index in [1.807, 2.05) is 19.1 Å². The topological polar surface area (TPSA) is 59.6 Å². The molecule has 0 aliphatic carbocycles. The van der Waals surface area contributed by atoms with Gasteiger partial charge in [0.05, 0.1) is 13.1 Å². The summed E-state index contributed by atoms with van der Waals surface area (Å²) in [5, 5.41) is 3.01. The van der Waals surface area contributed by atoms with E-state index in [-0.39, 0.29) is 5.41 Å². The van der Waals surface area contributed by atoms with Crippen molar-refractivity contribution >= 4 is 5.96 Å². The zero-order valence-electron chi connectivity index (χ0n) is 13.6. The third kappa shape index (κ3) is 6.84. The van der Waals surface area contributed by atoms with Gasteiger partial charge in [0.2, 0.25) is 0 Å². The molecule has 0 saturated heterocycles. The monoisotopic (exact) mass is 289 g/mol. The van der Waals surface area contributed by atoms with Crippen molar-refractivity contribution in [2.24, 2.45) is 10.7 Å². The summed E-state index contributed by atoms with van der Waals surface area (Å²) in [4.78, 5) is 4.14. The molecule has 0 aliphatic heterocycles. The average molecular weight is 289 g/mol. The minimum Gasteiger partial charge on any atom is -0.492 e. The number of guanidine groups is 1. The van der Waals surface area contributed by atoms with Crippen molar-refractivity contribution in [2.75, 3.05) is 19.7 Å². The molecule has 1 aromatic rings. The number of benzene rings is 1. The summed E-state index contributed by atoms with van der Waals surface area (Å²) in [6.07, 6.45) is 0. The highest BCUT2D eigenvalue weighted by molar-refractivity contribution is 5.77. The predicted octanol–water partition coefficient (Wildman–Crippen LogP) is 2.84. The molecular weight excluding hydrogens is 262 g/mol. The van der Waals surface area contributed by atoms with Crippen molar-refractivity contribution in [3.8, 4) is 5.75 Å². The maximum atomic E-state index is 5.71. The van der Waals surface area contributed by atoms with Gasteiger partial charge in [-0.05, 0) is 30.0 Å². The highest BCUT2D eigenvalue weighted by Crippen LogP contribution is 2.24. The molecule has 1 rings (SSSR count). The van der Waals surface area contributed by atoms with Crippen LogP contribution in [0.15, 0.2) is 41.4 Å². The molecule has 116 valence electrons. The smallest absolute Gasteiger partial charge is 0.189 e. The van der Waals surface area contributed by atoms with Gasteiger partial charge >= 0.3 is 0 Å². The van der Waals surface area contributed by atoms with Crippen molar-refractivity contribution in [1.29, 1.82) is 0 Å². The fraction of sp³-hybridized carbons (Fsp3) is 0.471. The van der Waals surface area contributed by atoms with Gasteiger partial charge in [-0.25, -0.2) is 4.99 Å². The Morgan fingerprint density at radius 1 is 1.29 bits per heavy atom. The maximum absolute atomic E-state index is 5.71. The molecule has 0 aliphatic rings. The first-order valence-corrected chi connectivity index (χ1v) is 7.20. The highest BCUT2D eigenvalue weighted by atomic mass is 16.5. The van der Waals surface area contributed by atoms with Gasteiger partial charge in [0.1, 0.15) is 12.4 Å². The molecule has 0 heterocycles. The molecule has 0 fully saturated rings. The molecule has 0 spiro atoms. The van der Waals surface area contributed by atoms with Gasteiger partial charge in [0, 0.05) is 0 Å². The van der Waals surface area contributed by atoms with E-state index in [0.29, 0.717) is 25.7 Å². The number of nitrogens with two attached hydrogens (primary N) is 1. The second-order valence-electron chi connectivity index (χ2n) is 6.21. The Hall–Kier alpha value is -1.97. The van der Waals surface area contributed by atoms with Crippen molar-refractivity contribution in [1.82, 2.24) is 5.32 Å². The van der Waals surface area contributed by atoms with E-state index >= 15 is 0 Å². The molecule has 0 saturated carbocycles. The van der Waals surface area contributed by atoms with Gasteiger partial charge < -0.3 is 15.8 Å². The minimum atomic E-state index is 0.161. The molecule has 4 nitrogen and oxygen atoms in total. The Morgan fingerprint density at radius 2 is 1.90 bits per heavy atom. The molecule has 1 aromatic carbocycles. The zero-order valence-corrected chi connectivity index (χ0v) is 13.6. The number of nitrogens with zero attached hydrogens (tertiary/aromatic N) is 1. The number of ether oxygens (including phenoxy) is 1. The van der Waals surface area contributed by atoms with Crippen LogP contribution in [0, 0.1) is 0 Å². The standard InChI is InChI=1S/C17H27N3O/c1-13(2)12-20-16(18)19-10-11-21-15-8-6-14(7-9-15)17(3,4)5/h6-9H,1,10-12H2,2-5H3,(H3,18,19,20). The summed E-state index contributed by atoms with van der Waals surface area (Å²) >= 11 is 0. The van der Waals surface area contributed by atoms with E-state index in [4.69, 9.17) is 10.5 Å². The van der Waals surface area contributed by atoms with Crippen LogP contribution in [0.4, 0.5) is 0 Å². The first kappa shape index (κ1) is 17.1. The number of hydrogen-bond donors (Lipinski definition) is 2. The van der Waals surface area contributed by atoms with Crippen LogP contribution in [0.2, 0.25) is 0 Å². The molecular formula is C17H27N3O. The van der Waals surface area contributed by atoms with E-state index in [1.165, 1.54) is 5.56 Å². The number of aliphatic imine (C=N–C) groups is 1. The van der Waals surface area contributed by atoms with Crippen LogP contribution in [-0.2, 0) is 5.41 Å². The molecule has 21 heavy (non-hydrogen) atoms. The summed E-state index contributed by atoms with van der Waals surface area (Å²) < 4.78 is 5.66. The lowest BCUT2D eigenvalue weighted by molar-refractivity contribution is 0.322. The van der Waals surface area contributed by atoms with Crippen LogP contribution >= 0.6 is 0 Å². The van der Waals surface area contributed by atoms with Crippen LogP contribution in [-0.4, -0.2) is 25.7 Å². The van der Waals surface area contributed by atoms with Crippen molar-refractivity contribution < 1.29 is 4.74 Å². The first-order valence-electron chi connectivity index (χ1n) is 7.20. The summed E-state index contributed by atoms with van der Waals surface area (Å²) in [6, 6.07) is 8.20. The molecule has 4 heteroatoms. The third-order valence-electron chi connectivity index (χ3n) is 2.92. The van der Waals surface area contributed by atoms with E-state index in [9.17, 15) is 0 Å². The third-order valence-corrected chi connectivity index (χ3v) is 2.92. The van der Waals surface area contributed by atoms with Crippen molar-refractivity contribution in [3.63, 3.8) is 0 Å². The molecule has 0 amide bonds. The van der Waals surface area contributed by atoms with Crippen LogP contribution < -0.4 is 15.8 Å². The van der Waals surface area contributed by atoms with Gasteiger partial charge in [0.15, 0.2) is 5.96 Å². The second-order valence-corrected chi connectivity index (χ2v) is 6.21. The molecule has 0 aromatic heterocycles. The Labute approximate surface area is 128 Å². The predicted molar refractivity (Wildman–Crippen MR) is 89.9 cm³/mol. The molecule has 0 bridgehead atoms. The zero-order chi connectivity index (χ0) is 15.9. The van der Waals surface area contributed by atoms with Crippen molar-refractivity contribution in [2.45, 2.75) is 33.1 Å². The van der Waals surface area contributed by atoms with Crippen LogP contribution in [0.5, 0.6) is 5.75 Å². The van der Waals surface area contributed by atoms with Gasteiger partial charge in [-0.15, -0.1) is 0 Å². The fourth-order valence-corrected chi connectivity index (χ4v) is 1.68. The highest BCUT2D eigenvalue weighted by Gasteiger charge is 2.12. The Balaban J connectivity index is 2.33. The lowest BCUT2D eigenvalue weighted by Gasteiger charge is -2.19. The van der Waals surface area contributed by atoms with E-state index in [0.717, 1.165) is 11.3 Å². The first-order chi connectivity index (χ1) is 9.79. The molecule has 0 radical (unpaired) electrons. The van der Waals surface area contributed by atoms with Crippen LogP contribution in [0.1, 0.15) is 33.3 Å². The Bertz CT molecular complexity index is 484. The molecule has 3 N–H and O–H groups in total. The summed E-state index contributed by atoms with van der Waals surface area (Å²) in [5.74, 6) is 1.28. The van der Waals surface area contributed by atoms with Gasteiger partial charge in [0.25, 0.3) is 0 Å². The van der Waals surface area contributed by atoms with Gasteiger partial charge in [-0.2, -0.15) is 0 Å². The summed E-state index contributed by atoms with van der Waals surface area (Å²) in [5.41, 5.74) is 8.15. The van der Waals surface area contributed by atoms with E-state index in [1.54, 1.807) is 0 Å². The molecule has 0 unspecified atom stereocenters. The summed E-state index contributed by atoms with van der Waals surface area (Å²) in [7, 11) is 0. The van der Waals surface area contributed by atoms with Gasteiger partial charge in [-0.1, -0.05) is 45.1 Å². The van der Waals surface area contributed by atoms with Gasteiger partial charge in [-0.3, -0.25) is 0 Å². The van der Waals surface area contributed by atoms with Crippen molar-refractivity contribution in [3.05, 3.63) is 42.0 Å². The average Bonchev–Trinajstić information content (AvgIpc) is 2.41. The van der Waals surface area contributed by atoms with Crippen LogP contribution in [0.3, 0.4) is 0 Å². The second kappa shape index (κ2) is 7.72. The lowest BCUT2D eigenvalue weighted by atomic mass is 9.87. The lowest BCUT2D eigenvalue weighted by Crippen LogP contribution is -2.34. The number of rotatable bonds is 6. The van der Waals surface area contributed by atoms with E-state index in [2.05, 4.69) is 49.8 Å².